The van der Waals surface area contributed by atoms with E-state index in [1.165, 1.54) is 89.9 Å². The summed E-state index contributed by atoms with van der Waals surface area (Å²) in [6.45, 7) is 6.42. The van der Waals surface area contributed by atoms with Gasteiger partial charge in [0.05, 0.1) is 0 Å². The minimum absolute atomic E-state index is 0.0982. The number of ether oxygens (including phenoxy) is 3. The number of carbonyl (C=O) groups excluding carboxylic acids is 3. The molecule has 6 nitrogen and oxygen atoms in total. The van der Waals surface area contributed by atoms with Gasteiger partial charge in [-0.2, -0.15) is 0 Å². The summed E-state index contributed by atoms with van der Waals surface area (Å²) in [5.74, 6) is -0.974. The van der Waals surface area contributed by atoms with Crippen molar-refractivity contribution >= 4 is 17.9 Å². The predicted molar refractivity (Wildman–Crippen MR) is 261 cm³/mol. The zero-order chi connectivity index (χ0) is 44.4. The van der Waals surface area contributed by atoms with Crippen molar-refractivity contribution in [2.75, 3.05) is 13.2 Å². The molecule has 0 N–H and O–H groups in total. The molecule has 0 aromatic heterocycles. The largest absolute Gasteiger partial charge is 0.462 e. The van der Waals surface area contributed by atoms with Crippen molar-refractivity contribution < 1.29 is 28.6 Å². The molecule has 0 spiro atoms. The third-order valence-corrected chi connectivity index (χ3v) is 10.4. The Bertz CT molecular complexity index is 1200. The van der Waals surface area contributed by atoms with Gasteiger partial charge in [0.2, 0.25) is 0 Å². The van der Waals surface area contributed by atoms with Gasteiger partial charge in [0, 0.05) is 19.3 Å². The highest BCUT2D eigenvalue weighted by Crippen LogP contribution is 2.14. The van der Waals surface area contributed by atoms with E-state index in [1.54, 1.807) is 0 Å². The lowest BCUT2D eigenvalue weighted by Crippen LogP contribution is -2.30. The maximum absolute atomic E-state index is 12.8. The van der Waals surface area contributed by atoms with Gasteiger partial charge < -0.3 is 14.2 Å². The minimum atomic E-state index is -0.803. The van der Waals surface area contributed by atoms with E-state index in [9.17, 15) is 14.4 Å². The van der Waals surface area contributed by atoms with E-state index in [4.69, 9.17) is 14.2 Å². The maximum Gasteiger partial charge on any atom is 0.306 e. The number of rotatable bonds is 44. The Labute approximate surface area is 375 Å². The molecule has 0 aromatic rings. The number of esters is 3. The van der Waals surface area contributed by atoms with Gasteiger partial charge in [-0.05, 0) is 83.5 Å². The maximum atomic E-state index is 12.8. The van der Waals surface area contributed by atoms with Crippen molar-refractivity contribution in [1.82, 2.24) is 0 Å². The lowest BCUT2D eigenvalue weighted by Gasteiger charge is -2.18. The number of hydrogen-bond acceptors (Lipinski definition) is 6. The molecule has 348 valence electrons. The fraction of sp³-hybridized carbons (Fsp3) is 0.691. The highest BCUT2D eigenvalue weighted by atomic mass is 16.6. The van der Waals surface area contributed by atoms with Gasteiger partial charge in [-0.1, -0.05) is 209 Å². The summed E-state index contributed by atoms with van der Waals surface area (Å²) in [4.78, 5) is 37.9. The molecular weight excluding hydrogens is 757 g/mol. The summed E-state index contributed by atoms with van der Waals surface area (Å²) >= 11 is 0. The van der Waals surface area contributed by atoms with Crippen LogP contribution in [0.1, 0.15) is 226 Å². The van der Waals surface area contributed by atoms with Crippen molar-refractivity contribution in [1.29, 1.82) is 0 Å². The van der Waals surface area contributed by atoms with Crippen LogP contribution in [0.5, 0.6) is 0 Å². The Hall–Kier alpha value is -3.41. The van der Waals surface area contributed by atoms with Crippen molar-refractivity contribution in [2.24, 2.45) is 0 Å². The van der Waals surface area contributed by atoms with Gasteiger partial charge in [0.1, 0.15) is 13.2 Å². The number of carbonyl (C=O) groups is 3. The Morgan fingerprint density at radius 2 is 0.705 bits per heavy atom. The van der Waals surface area contributed by atoms with Crippen LogP contribution in [-0.2, 0) is 28.6 Å². The Kier molecular flexibility index (Phi) is 46.5. The molecule has 0 heterocycles. The summed E-state index contributed by atoms with van der Waals surface area (Å²) in [5, 5.41) is 0. The van der Waals surface area contributed by atoms with E-state index >= 15 is 0 Å². The summed E-state index contributed by atoms with van der Waals surface area (Å²) in [6.07, 6.45) is 62.8. The molecule has 6 heteroatoms. The first-order valence-corrected chi connectivity index (χ1v) is 25.1. The second kappa shape index (κ2) is 49.2. The van der Waals surface area contributed by atoms with E-state index in [0.717, 1.165) is 89.9 Å². The molecule has 0 aliphatic rings. The molecule has 0 saturated heterocycles. The van der Waals surface area contributed by atoms with Gasteiger partial charge in [0.15, 0.2) is 6.10 Å². The standard InChI is InChI=1S/C55H92O6/c1-4-7-10-13-16-19-22-24-26-27-29-30-33-36-39-42-45-48-54(57)60-51-52(50-59-53(56)47-44-41-38-35-32-21-18-15-12-9-6-3)61-55(58)49-46-43-40-37-34-31-28-25-23-20-17-14-11-8-5-2/h7,10,16-17,19-20,23-26,29-30,36,39,52H,4-6,8-9,11-15,18,21-22,27-28,31-35,37-38,40-51H2,1-3H3/b10-7-,19-16-,20-17-,25-23-,26-24-,30-29-,39-36-. The molecule has 0 radical (unpaired) electrons. The highest BCUT2D eigenvalue weighted by molar-refractivity contribution is 5.71. The van der Waals surface area contributed by atoms with Crippen LogP contribution in [0.25, 0.3) is 0 Å². The first-order valence-electron chi connectivity index (χ1n) is 25.1. The first-order chi connectivity index (χ1) is 30.0. The normalized spacial score (nSPS) is 12.8. The van der Waals surface area contributed by atoms with Crippen LogP contribution in [0.3, 0.4) is 0 Å². The van der Waals surface area contributed by atoms with Crippen molar-refractivity contribution in [3.63, 3.8) is 0 Å². The quantitative estimate of drug-likeness (QED) is 0.0200. The molecule has 0 rings (SSSR count). The molecule has 0 aromatic carbocycles. The van der Waals surface area contributed by atoms with Crippen LogP contribution in [0, 0.1) is 0 Å². The van der Waals surface area contributed by atoms with Crippen LogP contribution < -0.4 is 0 Å². The Morgan fingerprint density at radius 1 is 0.361 bits per heavy atom. The Morgan fingerprint density at radius 3 is 1.18 bits per heavy atom. The smallest absolute Gasteiger partial charge is 0.306 e. The topological polar surface area (TPSA) is 78.9 Å². The van der Waals surface area contributed by atoms with Gasteiger partial charge in [-0.25, -0.2) is 0 Å². The molecule has 0 aliphatic carbocycles. The lowest BCUT2D eigenvalue weighted by atomic mass is 10.1. The van der Waals surface area contributed by atoms with Crippen molar-refractivity contribution in [2.45, 2.75) is 232 Å². The molecule has 0 aliphatic heterocycles. The molecule has 0 saturated carbocycles. The van der Waals surface area contributed by atoms with Crippen molar-refractivity contribution in [3.05, 3.63) is 85.1 Å². The second-order valence-corrected chi connectivity index (χ2v) is 16.4. The van der Waals surface area contributed by atoms with E-state index < -0.39 is 6.10 Å². The monoisotopic (exact) mass is 849 g/mol. The highest BCUT2D eigenvalue weighted by Gasteiger charge is 2.19. The zero-order valence-corrected chi connectivity index (χ0v) is 39.7. The van der Waals surface area contributed by atoms with Crippen LogP contribution >= 0.6 is 0 Å². The molecule has 1 unspecified atom stereocenters. The summed E-state index contributed by atoms with van der Waals surface area (Å²) in [6, 6.07) is 0. The number of hydrogen-bond donors (Lipinski definition) is 0. The number of unbranched alkanes of at least 4 members (excludes halogenated alkanes) is 20. The molecule has 0 bridgehead atoms. The van der Waals surface area contributed by atoms with Crippen LogP contribution in [0.4, 0.5) is 0 Å². The lowest BCUT2D eigenvalue weighted by molar-refractivity contribution is -0.167. The average Bonchev–Trinajstić information content (AvgIpc) is 3.26. The molecule has 61 heavy (non-hydrogen) atoms. The van der Waals surface area contributed by atoms with E-state index in [-0.39, 0.29) is 37.5 Å². The minimum Gasteiger partial charge on any atom is -0.462 e. The third-order valence-electron chi connectivity index (χ3n) is 10.4. The van der Waals surface area contributed by atoms with E-state index in [0.29, 0.717) is 19.3 Å². The van der Waals surface area contributed by atoms with E-state index in [1.807, 2.05) is 0 Å². The van der Waals surface area contributed by atoms with Gasteiger partial charge in [0.25, 0.3) is 0 Å². The van der Waals surface area contributed by atoms with Crippen LogP contribution in [-0.4, -0.2) is 37.2 Å². The Balaban J connectivity index is 4.49. The third kappa shape index (κ3) is 47.5. The summed E-state index contributed by atoms with van der Waals surface area (Å²) in [5.41, 5.74) is 0. The molecule has 1 atom stereocenters. The van der Waals surface area contributed by atoms with Gasteiger partial charge in [-0.15, -0.1) is 0 Å². The van der Waals surface area contributed by atoms with Crippen molar-refractivity contribution in [3.8, 4) is 0 Å². The van der Waals surface area contributed by atoms with Gasteiger partial charge >= 0.3 is 17.9 Å². The first kappa shape index (κ1) is 57.6. The molecule has 0 amide bonds. The molecule has 0 fully saturated rings. The summed E-state index contributed by atoms with van der Waals surface area (Å²) in [7, 11) is 0. The summed E-state index contributed by atoms with van der Waals surface area (Å²) < 4.78 is 16.7. The van der Waals surface area contributed by atoms with Crippen LogP contribution in [0.2, 0.25) is 0 Å². The number of allylic oxidation sites excluding steroid dienone is 14. The molecular formula is C55H92O6. The average molecular weight is 849 g/mol. The SMILES string of the molecule is CC/C=C\C/C=C\C/C=C\C/C=C\C/C=C\CCCC(=O)OCC(COC(=O)CCCCCCCCCCCCC)OC(=O)CCCCCCCC/C=C\C=C/CCCCC. The van der Waals surface area contributed by atoms with Crippen LogP contribution in [0.15, 0.2) is 85.1 Å². The van der Waals surface area contributed by atoms with E-state index in [2.05, 4.69) is 106 Å². The predicted octanol–water partition coefficient (Wildman–Crippen LogP) is 16.4. The van der Waals surface area contributed by atoms with Gasteiger partial charge in [-0.3, -0.25) is 14.4 Å². The second-order valence-electron chi connectivity index (χ2n) is 16.4. The fourth-order valence-corrected chi connectivity index (χ4v) is 6.64. The fourth-order valence-electron chi connectivity index (χ4n) is 6.64. The zero-order valence-electron chi connectivity index (χ0n) is 39.7.